The summed E-state index contributed by atoms with van der Waals surface area (Å²) in [5.74, 6) is 1.49. The zero-order chi connectivity index (χ0) is 16.3. The van der Waals surface area contributed by atoms with Crippen molar-refractivity contribution in [2.45, 2.75) is 47.1 Å². The van der Waals surface area contributed by atoms with E-state index in [4.69, 9.17) is 16.3 Å². The number of halogens is 1. The van der Waals surface area contributed by atoms with Gasteiger partial charge in [-0.3, -0.25) is 4.79 Å². The quantitative estimate of drug-likeness (QED) is 0.679. The molecule has 2 rings (SSSR count). The molecule has 1 aromatic rings. The van der Waals surface area contributed by atoms with Gasteiger partial charge in [-0.25, -0.2) is 0 Å². The van der Waals surface area contributed by atoms with Crippen molar-refractivity contribution in [1.29, 1.82) is 0 Å². The molecule has 3 heteroatoms. The first-order chi connectivity index (χ1) is 10.4. The monoisotopic (exact) mass is 318 g/mol. The van der Waals surface area contributed by atoms with Crippen LogP contribution in [0.2, 0.25) is 0 Å². The molecule has 1 unspecified atom stereocenters. The summed E-state index contributed by atoms with van der Waals surface area (Å²) in [7, 11) is 0. The van der Waals surface area contributed by atoms with E-state index in [0.717, 1.165) is 29.7 Å². The fraction of sp³-hybridized carbons (Fsp3) is 0.421. The second kappa shape index (κ2) is 7.15. The van der Waals surface area contributed by atoms with Crippen molar-refractivity contribution >= 4 is 16.8 Å². The summed E-state index contributed by atoms with van der Waals surface area (Å²) in [4.78, 5) is 11.6. The largest absolute Gasteiger partial charge is 0.489 e. The van der Waals surface area contributed by atoms with Crippen LogP contribution in [-0.2, 0) is 17.8 Å². The van der Waals surface area contributed by atoms with Crippen LogP contribution < -0.4 is 0 Å². The molecule has 1 aliphatic rings. The van der Waals surface area contributed by atoms with Gasteiger partial charge in [0.05, 0.1) is 0 Å². The number of ether oxygens (including phenoxy) is 1. The first-order valence-electron chi connectivity index (χ1n) is 7.75. The van der Waals surface area contributed by atoms with Gasteiger partial charge in [0, 0.05) is 11.1 Å². The third-order valence-electron chi connectivity index (χ3n) is 4.41. The van der Waals surface area contributed by atoms with E-state index in [9.17, 15) is 4.79 Å². The van der Waals surface area contributed by atoms with Crippen LogP contribution in [0.25, 0.3) is 0 Å². The number of allylic oxidation sites excluding steroid dienone is 3. The molecule has 0 radical (unpaired) electrons. The summed E-state index contributed by atoms with van der Waals surface area (Å²) < 4.78 is 6.03. The van der Waals surface area contributed by atoms with Crippen molar-refractivity contribution < 1.29 is 9.53 Å². The average molecular weight is 319 g/mol. The van der Waals surface area contributed by atoms with Crippen molar-refractivity contribution in [1.82, 2.24) is 0 Å². The molecule has 0 spiro atoms. The summed E-state index contributed by atoms with van der Waals surface area (Å²) >= 11 is 5.71. The molecular weight excluding hydrogens is 296 g/mol. The Hall–Kier alpha value is -1.54. The molecule has 0 aromatic heterocycles. The number of hydrogen-bond acceptors (Lipinski definition) is 2. The average Bonchev–Trinajstić information content (AvgIpc) is 2.49. The van der Waals surface area contributed by atoms with Gasteiger partial charge in [0.2, 0.25) is 0 Å². The van der Waals surface area contributed by atoms with Crippen molar-refractivity contribution in [3.63, 3.8) is 0 Å². The zero-order valence-electron chi connectivity index (χ0n) is 13.7. The number of rotatable bonds is 5. The van der Waals surface area contributed by atoms with E-state index in [1.54, 1.807) is 6.07 Å². The summed E-state index contributed by atoms with van der Waals surface area (Å²) in [6.07, 6.45) is 3.98. The van der Waals surface area contributed by atoms with E-state index in [1.807, 2.05) is 12.1 Å². The van der Waals surface area contributed by atoms with Crippen LogP contribution in [0, 0.1) is 5.92 Å². The minimum Gasteiger partial charge on any atom is -0.489 e. The third-order valence-corrected chi connectivity index (χ3v) is 4.61. The molecule has 0 heterocycles. The Morgan fingerprint density at radius 2 is 2.09 bits per heavy atom. The maximum absolute atomic E-state index is 11.6. The summed E-state index contributed by atoms with van der Waals surface area (Å²) in [6, 6.07) is 5.65. The van der Waals surface area contributed by atoms with Crippen LogP contribution in [0.1, 0.15) is 55.6 Å². The molecule has 2 nitrogen and oxygen atoms in total. The predicted octanol–water partition coefficient (Wildman–Crippen LogP) is 5.40. The van der Waals surface area contributed by atoms with Gasteiger partial charge < -0.3 is 4.74 Å². The molecule has 0 N–H and O–H groups in total. The first kappa shape index (κ1) is 16.8. The van der Waals surface area contributed by atoms with Crippen molar-refractivity contribution in [2.75, 3.05) is 0 Å². The van der Waals surface area contributed by atoms with Gasteiger partial charge in [0.25, 0.3) is 5.24 Å². The van der Waals surface area contributed by atoms with Gasteiger partial charge in [-0.05, 0) is 67.5 Å². The zero-order valence-corrected chi connectivity index (χ0v) is 14.5. The van der Waals surface area contributed by atoms with Crippen LogP contribution in [0.15, 0.2) is 41.2 Å². The van der Waals surface area contributed by atoms with Gasteiger partial charge in [-0.2, -0.15) is 0 Å². The Bertz CT molecular complexity index is 641. The number of benzene rings is 1. The van der Waals surface area contributed by atoms with Crippen molar-refractivity contribution in [3.8, 4) is 0 Å². The van der Waals surface area contributed by atoms with Gasteiger partial charge in [-0.15, -0.1) is 0 Å². The maximum Gasteiger partial charge on any atom is 0.252 e. The lowest BCUT2D eigenvalue weighted by atomic mass is 9.89. The van der Waals surface area contributed by atoms with E-state index in [1.165, 1.54) is 11.1 Å². The Morgan fingerprint density at radius 1 is 1.36 bits per heavy atom. The molecule has 0 bridgehead atoms. The molecule has 1 aromatic carbocycles. The SMILES string of the molecule is CCc1cccc(C(=O)Cl)c1COC1=C(C)CC(C)C(C)=C1. The fourth-order valence-electron chi connectivity index (χ4n) is 2.83. The molecule has 0 saturated heterocycles. The Labute approximate surface area is 137 Å². The van der Waals surface area contributed by atoms with Gasteiger partial charge >= 0.3 is 0 Å². The van der Waals surface area contributed by atoms with Crippen LogP contribution in [0.5, 0.6) is 0 Å². The van der Waals surface area contributed by atoms with E-state index >= 15 is 0 Å². The lowest BCUT2D eigenvalue weighted by molar-refractivity contribution is 0.107. The van der Waals surface area contributed by atoms with Crippen molar-refractivity contribution in [2.24, 2.45) is 5.92 Å². The predicted molar refractivity (Wildman–Crippen MR) is 91.0 cm³/mol. The van der Waals surface area contributed by atoms with Crippen molar-refractivity contribution in [3.05, 3.63) is 57.9 Å². The molecule has 0 aliphatic heterocycles. The highest BCUT2D eigenvalue weighted by molar-refractivity contribution is 6.67. The minimum atomic E-state index is -0.427. The third kappa shape index (κ3) is 3.61. The molecule has 1 atom stereocenters. The van der Waals surface area contributed by atoms with E-state index in [-0.39, 0.29) is 0 Å². The lowest BCUT2D eigenvalue weighted by Gasteiger charge is -2.22. The summed E-state index contributed by atoms with van der Waals surface area (Å²) in [6.45, 7) is 8.91. The van der Waals surface area contributed by atoms with E-state index in [0.29, 0.717) is 18.1 Å². The number of aryl methyl sites for hydroxylation is 1. The van der Waals surface area contributed by atoms with Crippen LogP contribution in [0.4, 0.5) is 0 Å². The second-order valence-electron chi connectivity index (χ2n) is 6.00. The summed E-state index contributed by atoms with van der Waals surface area (Å²) in [5, 5.41) is -0.427. The highest BCUT2D eigenvalue weighted by atomic mass is 35.5. The van der Waals surface area contributed by atoms with Crippen LogP contribution in [0.3, 0.4) is 0 Å². The summed E-state index contributed by atoms with van der Waals surface area (Å²) in [5.41, 5.74) is 5.14. The van der Waals surface area contributed by atoms with E-state index in [2.05, 4.69) is 33.8 Å². The molecule has 0 amide bonds. The minimum absolute atomic E-state index is 0.378. The number of carbonyl (C=O) groups excluding carboxylic acids is 1. The van der Waals surface area contributed by atoms with Gasteiger partial charge in [0.15, 0.2) is 0 Å². The highest BCUT2D eigenvalue weighted by Gasteiger charge is 2.17. The second-order valence-corrected chi connectivity index (χ2v) is 6.34. The Balaban J connectivity index is 2.25. The molecular formula is C19H23ClO2. The molecule has 1 aliphatic carbocycles. The van der Waals surface area contributed by atoms with Gasteiger partial charge in [-0.1, -0.05) is 31.6 Å². The van der Waals surface area contributed by atoms with E-state index < -0.39 is 5.24 Å². The number of carbonyl (C=O) groups is 1. The smallest absolute Gasteiger partial charge is 0.252 e. The maximum atomic E-state index is 11.6. The van der Waals surface area contributed by atoms with Crippen LogP contribution >= 0.6 is 11.6 Å². The molecule has 118 valence electrons. The lowest BCUT2D eigenvalue weighted by Crippen LogP contribution is -2.09. The normalized spacial score (nSPS) is 18.2. The first-order valence-corrected chi connectivity index (χ1v) is 8.13. The van der Waals surface area contributed by atoms with Crippen LogP contribution in [-0.4, -0.2) is 5.24 Å². The molecule has 22 heavy (non-hydrogen) atoms. The highest BCUT2D eigenvalue weighted by Crippen LogP contribution is 2.30. The van der Waals surface area contributed by atoms with Gasteiger partial charge in [0.1, 0.15) is 12.4 Å². The standard InChI is InChI=1S/C19H23ClO2/c1-5-15-7-6-8-16(19(20)21)17(15)11-22-18-10-13(3)12(2)9-14(18)4/h6-8,10,12H,5,9,11H2,1-4H3. The Morgan fingerprint density at radius 3 is 2.73 bits per heavy atom. The fourth-order valence-corrected chi connectivity index (χ4v) is 3.01. The Kier molecular flexibility index (Phi) is 5.47. The molecule has 0 saturated carbocycles. The number of hydrogen-bond donors (Lipinski definition) is 0. The topological polar surface area (TPSA) is 26.3 Å². The molecule has 0 fully saturated rings.